The van der Waals surface area contributed by atoms with Crippen molar-refractivity contribution in [3.8, 4) is 0 Å². The number of aromatic nitrogens is 8. The van der Waals surface area contributed by atoms with Gasteiger partial charge in [0.15, 0.2) is 47.7 Å². The molecule has 0 aliphatic carbocycles. The molecule has 1 amide bonds. The number of carboxylic acid groups (broad SMARTS) is 1. The first-order valence-electron chi connectivity index (χ1n) is 23.6. The quantitative estimate of drug-likeness (QED) is 0.0352. The van der Waals surface area contributed by atoms with Gasteiger partial charge in [-0.3, -0.25) is 32.6 Å². The predicted molar refractivity (Wildman–Crippen MR) is 264 cm³/mol. The van der Waals surface area contributed by atoms with Gasteiger partial charge in [-0.2, -0.15) is 0 Å². The van der Waals surface area contributed by atoms with E-state index in [-0.39, 0.29) is 97.9 Å². The number of fused-ring (bicyclic) bond motifs is 4. The molecule has 3 unspecified atom stereocenters. The number of alkyl halides is 1. The molecule has 3 fully saturated rings. The summed E-state index contributed by atoms with van der Waals surface area (Å²) in [6.45, 7) is -6.92. The molecule has 3 aliphatic rings. The number of amides is 1. The molecular formula is C41H58FN11O19P2S2. The minimum Gasteiger partial charge on any atom is -0.481 e. The number of nitrogen functional groups attached to an aromatic ring is 2. The fraction of sp³-hybridized carbons (Fsp3) is 0.659. The van der Waals surface area contributed by atoms with Crippen molar-refractivity contribution in [1.82, 2.24) is 43.9 Å². The van der Waals surface area contributed by atoms with E-state index in [0.717, 1.165) is 12.7 Å². The van der Waals surface area contributed by atoms with Crippen LogP contribution < -0.4 is 11.5 Å². The van der Waals surface area contributed by atoms with Crippen molar-refractivity contribution in [2.45, 2.75) is 81.8 Å². The summed E-state index contributed by atoms with van der Waals surface area (Å²) in [4.78, 5) is 97.8. The maximum atomic E-state index is 16.4. The highest BCUT2D eigenvalue weighted by Crippen LogP contribution is 2.55. The van der Waals surface area contributed by atoms with Crippen LogP contribution in [0.4, 0.5) is 20.8 Å². The topological polar surface area (TPSA) is 382 Å². The fourth-order valence-corrected chi connectivity index (χ4v) is 10.7. The number of Topliss-reactive ketones (excluding diaryl/α,β-unsaturated/α-hetero) is 1. The van der Waals surface area contributed by atoms with Gasteiger partial charge in [-0.05, 0) is 30.0 Å². The molecule has 30 nitrogen and oxygen atoms in total. The van der Waals surface area contributed by atoms with Crippen LogP contribution in [-0.4, -0.2) is 206 Å². The van der Waals surface area contributed by atoms with E-state index in [1.165, 1.54) is 40.7 Å². The van der Waals surface area contributed by atoms with Crippen molar-refractivity contribution in [3.05, 3.63) is 25.3 Å². The van der Waals surface area contributed by atoms with Crippen LogP contribution in [0.5, 0.6) is 0 Å². The highest BCUT2D eigenvalue weighted by molar-refractivity contribution is 8.07. The number of nitrogens with two attached hydrogens (primary N) is 2. The Morgan fingerprint density at radius 3 is 1.86 bits per heavy atom. The van der Waals surface area contributed by atoms with Crippen molar-refractivity contribution in [2.24, 2.45) is 5.92 Å². The Morgan fingerprint density at radius 2 is 1.28 bits per heavy atom. The zero-order valence-corrected chi connectivity index (χ0v) is 44.4. The van der Waals surface area contributed by atoms with Crippen LogP contribution in [0.1, 0.15) is 45.1 Å². The van der Waals surface area contributed by atoms with E-state index < -0.39 is 93.8 Å². The summed E-state index contributed by atoms with van der Waals surface area (Å²) in [5.74, 6) is -2.11. The van der Waals surface area contributed by atoms with E-state index in [4.69, 9.17) is 96.2 Å². The van der Waals surface area contributed by atoms with E-state index in [0.29, 0.717) is 39.5 Å². The molecule has 3 aliphatic heterocycles. The molecule has 3 saturated heterocycles. The summed E-state index contributed by atoms with van der Waals surface area (Å²) < 4.78 is 87.4. The van der Waals surface area contributed by atoms with Gasteiger partial charge in [0.1, 0.15) is 60.5 Å². The van der Waals surface area contributed by atoms with E-state index >= 15 is 4.39 Å². The smallest absolute Gasteiger partial charge is 0.481 e. The molecule has 0 saturated carbocycles. The van der Waals surface area contributed by atoms with Crippen LogP contribution in [-0.2, 0) is 94.0 Å². The van der Waals surface area contributed by atoms with E-state index in [1.807, 2.05) is 0 Å². The minimum absolute atomic E-state index is 0.00258. The second-order valence-corrected chi connectivity index (χ2v) is 22.8. The summed E-state index contributed by atoms with van der Waals surface area (Å²) in [7, 11) is 1.50. The van der Waals surface area contributed by atoms with Crippen LogP contribution in [0.25, 0.3) is 22.3 Å². The number of carbonyl (C=O) groups is 4. The molecule has 0 aromatic carbocycles. The third-order valence-electron chi connectivity index (χ3n) is 11.8. The van der Waals surface area contributed by atoms with E-state index in [2.05, 4.69) is 29.9 Å². The third-order valence-corrected chi connectivity index (χ3v) is 14.9. The number of nitrogens with zero attached hydrogens (tertiary/aromatic N) is 9. The molecule has 76 heavy (non-hydrogen) atoms. The van der Waals surface area contributed by atoms with Gasteiger partial charge in [-0.1, -0.05) is 6.92 Å². The molecule has 7 rings (SSSR count). The fourth-order valence-electron chi connectivity index (χ4n) is 7.86. The summed E-state index contributed by atoms with van der Waals surface area (Å²) in [6.07, 6.45) is -8.25. The molecule has 11 atom stereocenters. The van der Waals surface area contributed by atoms with Gasteiger partial charge in [-0.15, -0.1) is 0 Å². The van der Waals surface area contributed by atoms with Crippen molar-refractivity contribution in [1.29, 1.82) is 0 Å². The van der Waals surface area contributed by atoms with Gasteiger partial charge in [0.05, 0.1) is 91.0 Å². The molecule has 4 aromatic heterocycles. The molecule has 7 heterocycles. The second kappa shape index (κ2) is 27.3. The number of anilines is 2. The summed E-state index contributed by atoms with van der Waals surface area (Å²) in [5.41, 5.74) is 12.5. The zero-order valence-electron chi connectivity index (χ0n) is 41.0. The first-order chi connectivity index (χ1) is 36.3. The second-order valence-electron chi connectivity index (χ2n) is 17.2. The van der Waals surface area contributed by atoms with Crippen LogP contribution in [0.2, 0.25) is 0 Å². The number of carbonyl (C=O) groups excluding carboxylic acids is 3. The van der Waals surface area contributed by atoms with Crippen molar-refractivity contribution < 1.29 is 94.5 Å². The number of likely N-dealkylation sites (N-methyl/N-ethyl adjacent to an activating group) is 1. The number of imidazole rings is 2. The lowest BCUT2D eigenvalue weighted by Gasteiger charge is -2.30. The largest absolute Gasteiger partial charge is 0.508 e. The van der Waals surface area contributed by atoms with E-state index in [1.54, 1.807) is 0 Å². The maximum Gasteiger partial charge on any atom is 0.508 e. The Kier molecular flexibility index (Phi) is 21.2. The van der Waals surface area contributed by atoms with Crippen LogP contribution >= 0.6 is 13.4 Å². The molecule has 0 bridgehead atoms. The van der Waals surface area contributed by atoms with Crippen LogP contribution in [0, 0.1) is 5.92 Å². The highest BCUT2D eigenvalue weighted by atomic mass is 32.5. The summed E-state index contributed by atoms with van der Waals surface area (Å²) >= 11 is 10.7. The number of ether oxygens (including phenoxy) is 8. The Labute approximate surface area is 442 Å². The lowest BCUT2D eigenvalue weighted by atomic mass is 10.0. The number of halogens is 1. The third kappa shape index (κ3) is 15.8. The van der Waals surface area contributed by atoms with Crippen LogP contribution in [0.3, 0.4) is 0 Å². The van der Waals surface area contributed by atoms with Crippen LogP contribution in [0.15, 0.2) is 25.3 Å². The van der Waals surface area contributed by atoms with Gasteiger partial charge >= 0.3 is 25.6 Å². The number of rotatable bonds is 25. The molecule has 7 N–H and O–H groups in total. The first-order valence-corrected chi connectivity index (χ1v) is 28.8. The van der Waals surface area contributed by atoms with Crippen molar-refractivity contribution in [3.63, 3.8) is 0 Å². The Hall–Kier alpha value is -4.67. The number of aliphatic carboxylic acids is 1. The Bertz CT molecular complexity index is 2740. The monoisotopic (exact) mass is 1150 g/mol. The molecule has 35 heteroatoms. The maximum absolute atomic E-state index is 16.4. The Balaban J connectivity index is 0.876. The van der Waals surface area contributed by atoms with E-state index in [9.17, 15) is 29.0 Å². The van der Waals surface area contributed by atoms with Gasteiger partial charge in [0.2, 0.25) is 5.91 Å². The van der Waals surface area contributed by atoms with Gasteiger partial charge in [0.25, 0.3) is 0 Å². The number of hydrogen-bond acceptors (Lipinski definition) is 26. The number of carboxylic acids is 1. The average molecular weight is 1150 g/mol. The molecule has 4 aromatic rings. The normalized spacial score (nSPS) is 27.3. The SMILES string of the molecule is CC(CC(=O)CCCOCCOCCOCCOCCC(=O)N(C)CCOC(=O)O[C@@H]1[C@@H]2OP(O)(=S)OC[C@H]3O[C@@H](n4cnc5c(N)ncnc54)[C@H](F)[C@@H]3OP(O)(=S)OC[C@H]2O[C@H]1n1cnc2c(N)ncnc21)C(=O)O. The molecular weight excluding hydrogens is 1100 g/mol. The average Bonchev–Trinajstić information content (AvgIpc) is 4.17. The summed E-state index contributed by atoms with van der Waals surface area (Å²) in [5, 5.41) is 8.90. The first kappa shape index (κ1) is 59.0. The Morgan fingerprint density at radius 1 is 0.763 bits per heavy atom. The van der Waals surface area contributed by atoms with Gasteiger partial charge in [0, 0.05) is 26.5 Å². The lowest BCUT2D eigenvalue weighted by molar-refractivity contribution is -0.143. The highest BCUT2D eigenvalue weighted by Gasteiger charge is 2.55. The predicted octanol–water partition coefficient (Wildman–Crippen LogP) is 1.11. The number of ketones is 1. The van der Waals surface area contributed by atoms with Gasteiger partial charge < -0.3 is 78.2 Å². The molecule has 0 radical (unpaired) electrons. The lowest BCUT2D eigenvalue weighted by Crippen LogP contribution is -2.40. The van der Waals surface area contributed by atoms with Crippen molar-refractivity contribution >= 4 is 94.8 Å². The summed E-state index contributed by atoms with van der Waals surface area (Å²) in [6, 6.07) is 0. The number of hydrogen-bond donors (Lipinski definition) is 5. The van der Waals surface area contributed by atoms with Crippen molar-refractivity contribution in [2.75, 3.05) is 97.7 Å². The molecule has 0 spiro atoms. The molecule has 420 valence electrons. The standard InChI is InChI=1S/C41H58FN11O19P2S2/c1-23(40(56)57)16-24(54)4-3-7-61-10-12-63-14-15-64-13-11-62-8-5-27(55)51(2)6-9-65-41(58)70-33-32-26(69-39(33)53-22-50-30-35(44)46-20-48-37(30)53)18-67-73(59,75)71-31-25(17-66-74(60,76)72-32)68-38(28(31)42)52-21-49-29-34(43)45-19-47-36(29)52/h19-23,25-26,28,31-33,38-39H,3-18H2,1-2H3,(H,56,57)(H,59,75)(H,60,76)(H2,43,45,47)(H2,44,46,48)/t23?,25-,26-,28-,31-,32-,33-,38-,39-,73?,74?/m1/s1. The minimum atomic E-state index is -4.44. The van der Waals surface area contributed by atoms with Gasteiger partial charge in [-0.25, -0.2) is 39.1 Å². The zero-order chi connectivity index (χ0) is 54.6.